The van der Waals surface area contributed by atoms with E-state index >= 15 is 0 Å². The molecule has 1 heterocycles. The molecule has 4 nitrogen and oxygen atoms in total. The highest BCUT2D eigenvalue weighted by molar-refractivity contribution is 14.1. The van der Waals surface area contributed by atoms with Crippen LogP contribution in [-0.2, 0) is 13.6 Å². The summed E-state index contributed by atoms with van der Waals surface area (Å²) in [6.45, 7) is 2.20. The largest absolute Gasteiger partial charge is 0.330 e. The molecule has 0 saturated carbocycles. The van der Waals surface area contributed by atoms with E-state index in [0.29, 0.717) is 10.1 Å². The van der Waals surface area contributed by atoms with Crippen molar-refractivity contribution in [3.63, 3.8) is 0 Å². The van der Waals surface area contributed by atoms with Crippen molar-refractivity contribution in [3.05, 3.63) is 30.6 Å². The Morgan fingerprint density at radius 2 is 2.08 bits per heavy atom. The Morgan fingerprint density at radius 1 is 1.50 bits per heavy atom. The summed E-state index contributed by atoms with van der Waals surface area (Å²) in [7, 11) is 1.64. The molecule has 0 N–H and O–H groups in total. The van der Waals surface area contributed by atoms with Gasteiger partial charge in [-0.2, -0.15) is 0 Å². The average molecular weight is 280 g/mol. The maximum absolute atomic E-state index is 11.3. The zero-order chi connectivity index (χ0) is 9.30. The minimum atomic E-state index is -0.261. The molecule has 0 radical (unpaired) electrons. The van der Waals surface area contributed by atoms with E-state index in [1.54, 1.807) is 14.0 Å². The van der Waals surface area contributed by atoms with Crippen LogP contribution in [0, 0.1) is 3.57 Å². The van der Waals surface area contributed by atoms with E-state index in [1.165, 1.54) is 15.3 Å². The number of hydrogen-bond donors (Lipinski definition) is 0. The molecule has 1 aromatic heterocycles. The number of aryl methyl sites for hydroxylation is 1. The second-order valence-electron chi connectivity index (χ2n) is 2.42. The fraction of sp³-hybridized carbons (Fsp3) is 0.429. The first-order chi connectivity index (χ1) is 5.57. The summed E-state index contributed by atoms with van der Waals surface area (Å²) in [6.07, 6.45) is 1.54. The van der Waals surface area contributed by atoms with Crippen LogP contribution >= 0.6 is 22.6 Å². The van der Waals surface area contributed by atoms with E-state index in [2.05, 4.69) is 0 Å². The standard InChI is InChI=1S/C7H9IN2O2/c1-3-10-6(11)5(8)4-9(2)7(10)12/h4H,3H2,1-2H3. The minimum absolute atomic E-state index is 0.207. The van der Waals surface area contributed by atoms with Crippen molar-refractivity contribution in [1.29, 1.82) is 0 Å². The first kappa shape index (κ1) is 9.50. The normalized spacial score (nSPS) is 10.2. The molecule has 1 aromatic rings. The smallest absolute Gasteiger partial charge is 0.302 e. The Balaban J connectivity index is 3.65. The molecule has 0 atom stereocenters. The summed E-state index contributed by atoms with van der Waals surface area (Å²) < 4.78 is 3.19. The Hall–Kier alpha value is -0.590. The van der Waals surface area contributed by atoms with Crippen molar-refractivity contribution >= 4 is 22.6 Å². The van der Waals surface area contributed by atoms with Crippen molar-refractivity contribution in [2.24, 2.45) is 7.05 Å². The fourth-order valence-electron chi connectivity index (χ4n) is 0.966. The number of nitrogens with zero attached hydrogens (tertiary/aromatic N) is 2. The van der Waals surface area contributed by atoms with E-state index in [1.807, 2.05) is 22.6 Å². The summed E-state index contributed by atoms with van der Waals surface area (Å²) >= 11 is 1.92. The van der Waals surface area contributed by atoms with Crippen LogP contribution in [-0.4, -0.2) is 9.13 Å². The maximum Gasteiger partial charge on any atom is 0.330 e. The quantitative estimate of drug-likeness (QED) is 0.688. The van der Waals surface area contributed by atoms with Gasteiger partial charge < -0.3 is 4.57 Å². The van der Waals surface area contributed by atoms with Gasteiger partial charge in [0.25, 0.3) is 5.56 Å². The summed E-state index contributed by atoms with van der Waals surface area (Å²) in [5, 5.41) is 0. The molecule has 0 aliphatic carbocycles. The Kier molecular flexibility index (Phi) is 2.71. The predicted molar refractivity (Wildman–Crippen MR) is 54.3 cm³/mol. The molecule has 66 valence electrons. The Bertz CT molecular complexity index is 371. The van der Waals surface area contributed by atoms with Crippen LogP contribution in [0.2, 0.25) is 0 Å². The van der Waals surface area contributed by atoms with Crippen LogP contribution in [0.1, 0.15) is 6.92 Å². The van der Waals surface area contributed by atoms with Crippen molar-refractivity contribution < 1.29 is 0 Å². The summed E-state index contributed by atoms with van der Waals surface area (Å²) in [5.41, 5.74) is -0.468. The van der Waals surface area contributed by atoms with Crippen LogP contribution in [0.25, 0.3) is 0 Å². The molecule has 0 aromatic carbocycles. The molecule has 0 unspecified atom stereocenters. The lowest BCUT2D eigenvalue weighted by Gasteiger charge is -2.03. The summed E-state index contributed by atoms with van der Waals surface area (Å²) in [5.74, 6) is 0. The van der Waals surface area contributed by atoms with Gasteiger partial charge in [-0.25, -0.2) is 4.79 Å². The highest BCUT2D eigenvalue weighted by Gasteiger charge is 2.04. The lowest BCUT2D eigenvalue weighted by Crippen LogP contribution is -2.39. The summed E-state index contributed by atoms with van der Waals surface area (Å²) in [4.78, 5) is 22.6. The molecule has 0 saturated heterocycles. The molecule has 0 aliphatic heterocycles. The third-order valence-electron chi connectivity index (χ3n) is 1.61. The second kappa shape index (κ2) is 3.42. The van der Waals surface area contributed by atoms with Gasteiger partial charge in [0.2, 0.25) is 0 Å². The molecule has 1 rings (SSSR count). The molecule has 12 heavy (non-hydrogen) atoms. The molecular formula is C7H9IN2O2. The van der Waals surface area contributed by atoms with Crippen LogP contribution in [0.15, 0.2) is 15.8 Å². The van der Waals surface area contributed by atoms with Gasteiger partial charge in [0.05, 0.1) is 3.57 Å². The third kappa shape index (κ3) is 1.45. The molecule has 5 heteroatoms. The second-order valence-corrected chi connectivity index (χ2v) is 3.58. The van der Waals surface area contributed by atoms with Gasteiger partial charge in [0.1, 0.15) is 0 Å². The first-order valence-corrected chi connectivity index (χ1v) is 4.61. The SMILES string of the molecule is CCn1c(=O)c(I)cn(C)c1=O. The number of aromatic nitrogens is 2. The van der Waals surface area contributed by atoms with Crippen LogP contribution in [0.3, 0.4) is 0 Å². The van der Waals surface area contributed by atoms with Crippen LogP contribution < -0.4 is 11.2 Å². The van der Waals surface area contributed by atoms with Crippen molar-refractivity contribution in [2.45, 2.75) is 13.5 Å². The number of rotatable bonds is 1. The topological polar surface area (TPSA) is 44.0 Å². The van der Waals surface area contributed by atoms with E-state index in [4.69, 9.17) is 0 Å². The van der Waals surface area contributed by atoms with E-state index < -0.39 is 0 Å². The van der Waals surface area contributed by atoms with Gasteiger partial charge in [-0.05, 0) is 29.5 Å². The third-order valence-corrected chi connectivity index (χ3v) is 2.35. The van der Waals surface area contributed by atoms with Crippen LogP contribution in [0.5, 0.6) is 0 Å². The van der Waals surface area contributed by atoms with Crippen LogP contribution in [0.4, 0.5) is 0 Å². The Morgan fingerprint density at radius 3 is 2.58 bits per heavy atom. The van der Waals surface area contributed by atoms with E-state index in [0.717, 1.165) is 0 Å². The summed E-state index contributed by atoms with van der Waals surface area (Å²) in [6, 6.07) is 0. The zero-order valence-corrected chi connectivity index (χ0v) is 9.03. The highest BCUT2D eigenvalue weighted by atomic mass is 127. The fourth-order valence-corrected chi connectivity index (χ4v) is 1.67. The van der Waals surface area contributed by atoms with Gasteiger partial charge in [0.15, 0.2) is 0 Å². The van der Waals surface area contributed by atoms with Crippen molar-refractivity contribution in [3.8, 4) is 0 Å². The molecular weight excluding hydrogens is 271 g/mol. The monoisotopic (exact) mass is 280 g/mol. The zero-order valence-electron chi connectivity index (χ0n) is 6.87. The van der Waals surface area contributed by atoms with Gasteiger partial charge in [-0.1, -0.05) is 0 Å². The van der Waals surface area contributed by atoms with Gasteiger partial charge in [0, 0.05) is 19.8 Å². The van der Waals surface area contributed by atoms with Crippen molar-refractivity contribution in [1.82, 2.24) is 9.13 Å². The van der Waals surface area contributed by atoms with E-state index in [-0.39, 0.29) is 11.2 Å². The van der Waals surface area contributed by atoms with Gasteiger partial charge >= 0.3 is 5.69 Å². The highest BCUT2D eigenvalue weighted by Crippen LogP contribution is 1.92. The molecule has 0 amide bonds. The minimum Gasteiger partial charge on any atom is -0.302 e. The maximum atomic E-state index is 11.3. The molecule has 0 aliphatic rings. The lowest BCUT2D eigenvalue weighted by molar-refractivity contribution is 0.616. The lowest BCUT2D eigenvalue weighted by atomic mass is 10.6. The van der Waals surface area contributed by atoms with Gasteiger partial charge in [-0.3, -0.25) is 9.36 Å². The predicted octanol–water partition coefficient (Wildman–Crippen LogP) is 0.171. The number of hydrogen-bond acceptors (Lipinski definition) is 2. The Labute approximate surface area is 83.0 Å². The van der Waals surface area contributed by atoms with Crippen molar-refractivity contribution in [2.75, 3.05) is 0 Å². The average Bonchev–Trinajstić information content (AvgIpc) is 2.02. The molecule has 0 bridgehead atoms. The molecule has 0 spiro atoms. The molecule has 0 fully saturated rings. The van der Waals surface area contributed by atoms with E-state index in [9.17, 15) is 9.59 Å². The number of halogens is 1. The first-order valence-electron chi connectivity index (χ1n) is 3.54. The van der Waals surface area contributed by atoms with Gasteiger partial charge in [-0.15, -0.1) is 0 Å².